The van der Waals surface area contributed by atoms with Gasteiger partial charge < -0.3 is 10.1 Å². The van der Waals surface area contributed by atoms with Gasteiger partial charge in [-0.15, -0.1) is 0 Å². The number of carbonyl (C=O) groups is 1. The van der Waals surface area contributed by atoms with Gasteiger partial charge in [0.05, 0.1) is 7.11 Å². The van der Waals surface area contributed by atoms with Gasteiger partial charge in [-0.3, -0.25) is 4.79 Å². The van der Waals surface area contributed by atoms with Crippen molar-refractivity contribution in [1.29, 1.82) is 0 Å². The van der Waals surface area contributed by atoms with Crippen molar-refractivity contribution in [3.8, 4) is 5.75 Å². The fourth-order valence-electron chi connectivity index (χ4n) is 1.69. The Labute approximate surface area is 113 Å². The quantitative estimate of drug-likeness (QED) is 0.827. The second-order valence-corrected chi connectivity index (χ2v) is 4.97. The van der Waals surface area contributed by atoms with Crippen LogP contribution in [0.25, 0.3) is 0 Å². The van der Waals surface area contributed by atoms with E-state index in [-0.39, 0.29) is 5.78 Å². The molecule has 1 N–H and O–H groups in total. The molecule has 100 valence electrons. The number of carbonyl (C=O) groups excluding carboxylic acids is 1. The number of halogens is 1. The van der Waals surface area contributed by atoms with Gasteiger partial charge in [-0.2, -0.15) is 0 Å². The zero-order valence-corrected chi connectivity index (χ0v) is 11.9. The molecular formula is C14H20ClNO2. The minimum atomic E-state index is 0.184. The zero-order valence-electron chi connectivity index (χ0n) is 11.1. The first-order valence-electron chi connectivity index (χ1n) is 6.10. The summed E-state index contributed by atoms with van der Waals surface area (Å²) in [4.78, 5) is 11.8. The van der Waals surface area contributed by atoms with Crippen molar-refractivity contribution in [2.45, 2.75) is 32.7 Å². The summed E-state index contributed by atoms with van der Waals surface area (Å²) in [6.45, 7) is 4.83. The number of rotatable bonds is 7. The lowest BCUT2D eigenvalue weighted by molar-refractivity contribution is -0.118. The average Bonchev–Trinajstić information content (AvgIpc) is 2.28. The van der Waals surface area contributed by atoms with Crippen molar-refractivity contribution in [2.75, 3.05) is 13.7 Å². The summed E-state index contributed by atoms with van der Waals surface area (Å²) in [6, 6.07) is 5.73. The highest BCUT2D eigenvalue weighted by Gasteiger charge is 2.09. The molecule has 4 heteroatoms. The molecule has 1 aromatic carbocycles. The van der Waals surface area contributed by atoms with Crippen molar-refractivity contribution < 1.29 is 9.53 Å². The van der Waals surface area contributed by atoms with Crippen molar-refractivity contribution in [1.82, 2.24) is 5.32 Å². The number of Topliss-reactive ketones (excluding diaryl/α,β-unsaturated/α-hetero) is 1. The monoisotopic (exact) mass is 269 g/mol. The van der Waals surface area contributed by atoms with Crippen molar-refractivity contribution >= 4 is 17.4 Å². The van der Waals surface area contributed by atoms with Crippen LogP contribution in [0.15, 0.2) is 18.2 Å². The van der Waals surface area contributed by atoms with E-state index in [2.05, 4.69) is 19.2 Å². The Bertz CT molecular complexity index is 405. The molecule has 0 bridgehead atoms. The number of ether oxygens (including phenoxy) is 1. The SMILES string of the molecule is COc1ccc(Cl)cc1CC(=O)CCNC(C)C. The largest absolute Gasteiger partial charge is 0.496 e. The van der Waals surface area contributed by atoms with E-state index < -0.39 is 0 Å². The Balaban J connectivity index is 2.55. The molecule has 0 aliphatic heterocycles. The highest BCUT2D eigenvalue weighted by Crippen LogP contribution is 2.23. The van der Waals surface area contributed by atoms with E-state index >= 15 is 0 Å². The Kier molecular flexibility index (Phi) is 6.16. The Morgan fingerprint density at radius 2 is 2.17 bits per heavy atom. The van der Waals surface area contributed by atoms with E-state index in [0.717, 1.165) is 5.56 Å². The number of hydrogen-bond acceptors (Lipinski definition) is 3. The van der Waals surface area contributed by atoms with Crippen molar-refractivity contribution in [3.63, 3.8) is 0 Å². The van der Waals surface area contributed by atoms with Crippen LogP contribution < -0.4 is 10.1 Å². The van der Waals surface area contributed by atoms with Gasteiger partial charge in [-0.1, -0.05) is 25.4 Å². The fraction of sp³-hybridized carbons (Fsp3) is 0.500. The predicted molar refractivity (Wildman–Crippen MR) is 74.5 cm³/mol. The summed E-state index contributed by atoms with van der Waals surface area (Å²) in [5, 5.41) is 3.85. The Morgan fingerprint density at radius 1 is 1.44 bits per heavy atom. The molecule has 0 atom stereocenters. The van der Waals surface area contributed by atoms with E-state index in [1.54, 1.807) is 25.3 Å². The van der Waals surface area contributed by atoms with Gasteiger partial charge in [0, 0.05) is 36.0 Å². The summed E-state index contributed by atoms with van der Waals surface area (Å²) in [7, 11) is 1.59. The third kappa shape index (κ3) is 5.07. The fourth-order valence-corrected chi connectivity index (χ4v) is 1.88. The smallest absolute Gasteiger partial charge is 0.138 e. The molecular weight excluding hydrogens is 250 g/mol. The van der Waals surface area contributed by atoms with Gasteiger partial charge in [0.25, 0.3) is 0 Å². The van der Waals surface area contributed by atoms with Crippen LogP contribution in [-0.2, 0) is 11.2 Å². The van der Waals surface area contributed by atoms with Crippen molar-refractivity contribution in [2.24, 2.45) is 0 Å². The molecule has 0 fully saturated rings. The van der Waals surface area contributed by atoms with Crippen LogP contribution in [0.4, 0.5) is 0 Å². The normalized spacial score (nSPS) is 10.7. The maximum absolute atomic E-state index is 11.8. The third-order valence-electron chi connectivity index (χ3n) is 2.59. The predicted octanol–water partition coefficient (Wildman–Crippen LogP) is 2.85. The molecule has 0 aliphatic carbocycles. The molecule has 0 radical (unpaired) electrons. The summed E-state index contributed by atoms with van der Waals surface area (Å²) in [5.41, 5.74) is 0.847. The van der Waals surface area contributed by atoms with Gasteiger partial charge in [-0.05, 0) is 18.2 Å². The van der Waals surface area contributed by atoms with E-state index in [0.29, 0.717) is 36.2 Å². The summed E-state index contributed by atoms with van der Waals surface area (Å²) in [6.07, 6.45) is 0.886. The number of ketones is 1. The summed E-state index contributed by atoms with van der Waals surface area (Å²) in [5.74, 6) is 0.897. The van der Waals surface area contributed by atoms with Gasteiger partial charge in [0.15, 0.2) is 0 Å². The molecule has 0 saturated carbocycles. The van der Waals surface area contributed by atoms with Crippen LogP contribution in [0.3, 0.4) is 0 Å². The lowest BCUT2D eigenvalue weighted by Crippen LogP contribution is -2.25. The summed E-state index contributed by atoms with van der Waals surface area (Å²) < 4.78 is 5.22. The van der Waals surface area contributed by atoms with Crippen LogP contribution in [0, 0.1) is 0 Å². The molecule has 0 saturated heterocycles. The number of methoxy groups -OCH3 is 1. The first kappa shape index (κ1) is 15.0. The number of benzene rings is 1. The van der Waals surface area contributed by atoms with E-state index in [4.69, 9.17) is 16.3 Å². The molecule has 1 aromatic rings. The lowest BCUT2D eigenvalue weighted by atomic mass is 10.1. The molecule has 0 unspecified atom stereocenters. The van der Waals surface area contributed by atoms with Gasteiger partial charge in [-0.25, -0.2) is 0 Å². The maximum Gasteiger partial charge on any atom is 0.138 e. The van der Waals surface area contributed by atoms with Crippen LogP contribution in [-0.4, -0.2) is 25.5 Å². The van der Waals surface area contributed by atoms with Crippen LogP contribution in [0.5, 0.6) is 5.75 Å². The minimum absolute atomic E-state index is 0.184. The first-order chi connectivity index (χ1) is 8.52. The number of hydrogen-bond donors (Lipinski definition) is 1. The van der Waals surface area contributed by atoms with Gasteiger partial charge in [0.1, 0.15) is 11.5 Å². The molecule has 0 heterocycles. The van der Waals surface area contributed by atoms with E-state index in [9.17, 15) is 4.79 Å². The topological polar surface area (TPSA) is 38.3 Å². The van der Waals surface area contributed by atoms with E-state index in [1.165, 1.54) is 0 Å². The molecule has 1 rings (SSSR count). The van der Waals surface area contributed by atoms with E-state index in [1.807, 2.05) is 0 Å². The Hall–Kier alpha value is -1.06. The molecule has 3 nitrogen and oxygen atoms in total. The average molecular weight is 270 g/mol. The van der Waals surface area contributed by atoms with Gasteiger partial charge >= 0.3 is 0 Å². The molecule has 0 aromatic heterocycles. The highest BCUT2D eigenvalue weighted by atomic mass is 35.5. The standard InChI is InChI=1S/C14H20ClNO2/c1-10(2)16-7-6-13(17)9-11-8-12(15)4-5-14(11)18-3/h4-5,8,10,16H,6-7,9H2,1-3H3. The minimum Gasteiger partial charge on any atom is -0.496 e. The third-order valence-corrected chi connectivity index (χ3v) is 2.82. The zero-order chi connectivity index (χ0) is 13.5. The van der Waals surface area contributed by atoms with Gasteiger partial charge in [0.2, 0.25) is 0 Å². The summed E-state index contributed by atoms with van der Waals surface area (Å²) >= 11 is 5.92. The highest BCUT2D eigenvalue weighted by molar-refractivity contribution is 6.30. The molecule has 0 aliphatic rings. The van der Waals surface area contributed by atoms with Crippen LogP contribution in [0.2, 0.25) is 5.02 Å². The van der Waals surface area contributed by atoms with Crippen LogP contribution in [0.1, 0.15) is 25.8 Å². The second kappa shape index (κ2) is 7.39. The molecule has 0 amide bonds. The maximum atomic E-state index is 11.8. The van der Waals surface area contributed by atoms with Crippen LogP contribution >= 0.6 is 11.6 Å². The number of nitrogens with one attached hydrogen (secondary N) is 1. The Morgan fingerprint density at radius 3 is 2.78 bits per heavy atom. The molecule has 18 heavy (non-hydrogen) atoms. The van der Waals surface area contributed by atoms with Crippen molar-refractivity contribution in [3.05, 3.63) is 28.8 Å². The lowest BCUT2D eigenvalue weighted by Gasteiger charge is -2.09. The molecule has 0 spiro atoms. The second-order valence-electron chi connectivity index (χ2n) is 4.53. The first-order valence-corrected chi connectivity index (χ1v) is 6.48.